The molecule has 2 aliphatic heterocycles. The van der Waals surface area contributed by atoms with Gasteiger partial charge in [0.2, 0.25) is 0 Å². The van der Waals surface area contributed by atoms with Crippen LogP contribution in [0.5, 0.6) is 5.75 Å². The highest BCUT2D eigenvalue weighted by Gasteiger charge is 2.38. The molecule has 23 heavy (non-hydrogen) atoms. The predicted octanol–water partition coefficient (Wildman–Crippen LogP) is 2.43. The van der Waals surface area contributed by atoms with Gasteiger partial charge in [-0.05, 0) is 45.1 Å². The lowest BCUT2D eigenvalue weighted by atomic mass is 9.74. The zero-order valence-electron chi connectivity index (χ0n) is 14.3. The van der Waals surface area contributed by atoms with Crippen molar-refractivity contribution in [2.24, 2.45) is 0 Å². The summed E-state index contributed by atoms with van der Waals surface area (Å²) in [5.41, 5.74) is 1.63. The molecule has 2 heterocycles. The van der Waals surface area contributed by atoms with Gasteiger partial charge in [-0.15, -0.1) is 0 Å². The Kier molecular flexibility index (Phi) is 4.97. The van der Waals surface area contributed by atoms with Crippen LogP contribution in [0.1, 0.15) is 45.5 Å². The zero-order chi connectivity index (χ0) is 16.4. The van der Waals surface area contributed by atoms with E-state index in [1.807, 2.05) is 18.2 Å². The molecule has 0 bridgehead atoms. The highest BCUT2D eigenvalue weighted by molar-refractivity contribution is 6.61. The second kappa shape index (κ2) is 6.81. The van der Waals surface area contributed by atoms with Gasteiger partial charge < -0.3 is 23.5 Å². The molecule has 2 fully saturated rings. The van der Waals surface area contributed by atoms with Gasteiger partial charge in [-0.2, -0.15) is 0 Å². The average molecular weight is 320 g/mol. The molecule has 0 aliphatic carbocycles. The normalized spacial score (nSPS) is 25.4. The van der Waals surface area contributed by atoms with Crippen molar-refractivity contribution in [2.45, 2.75) is 51.6 Å². The summed E-state index contributed by atoms with van der Waals surface area (Å²) in [5, 5.41) is 0. The number of ether oxygens (including phenoxy) is 3. The van der Waals surface area contributed by atoms with E-state index in [1.54, 1.807) is 7.11 Å². The third-order valence-electron chi connectivity index (χ3n) is 4.17. The first-order valence-corrected chi connectivity index (χ1v) is 8.23. The van der Waals surface area contributed by atoms with E-state index < -0.39 is 6.29 Å². The monoisotopic (exact) mass is 320 g/mol. The molecule has 0 saturated carbocycles. The second-order valence-corrected chi connectivity index (χ2v) is 6.79. The van der Waals surface area contributed by atoms with Crippen molar-refractivity contribution in [3.63, 3.8) is 0 Å². The van der Waals surface area contributed by atoms with Crippen molar-refractivity contribution >= 4 is 12.6 Å². The van der Waals surface area contributed by atoms with Gasteiger partial charge in [0.15, 0.2) is 6.29 Å². The number of hydrogen-bond acceptors (Lipinski definition) is 5. The predicted molar refractivity (Wildman–Crippen MR) is 88.0 cm³/mol. The van der Waals surface area contributed by atoms with Crippen LogP contribution in [0.15, 0.2) is 18.2 Å². The lowest BCUT2D eigenvalue weighted by Crippen LogP contribution is -2.51. The fraction of sp³-hybridized carbons (Fsp3) is 0.647. The molecule has 1 aromatic carbocycles. The quantitative estimate of drug-likeness (QED) is 0.801. The molecule has 0 radical (unpaired) electrons. The zero-order valence-corrected chi connectivity index (χ0v) is 14.3. The molecular weight excluding hydrogens is 295 g/mol. The van der Waals surface area contributed by atoms with Gasteiger partial charge in [0, 0.05) is 11.7 Å². The Morgan fingerprint density at radius 2 is 1.96 bits per heavy atom. The van der Waals surface area contributed by atoms with Crippen molar-refractivity contribution in [3.05, 3.63) is 23.8 Å². The molecule has 3 rings (SSSR count). The molecule has 0 N–H and O–H groups in total. The average Bonchev–Trinajstić information content (AvgIpc) is 2.53. The van der Waals surface area contributed by atoms with Gasteiger partial charge in [-0.1, -0.05) is 12.1 Å². The van der Waals surface area contributed by atoms with E-state index in [-0.39, 0.29) is 18.8 Å². The Balaban J connectivity index is 1.88. The molecule has 5 nitrogen and oxygen atoms in total. The molecule has 1 aromatic rings. The van der Waals surface area contributed by atoms with Gasteiger partial charge >= 0.3 is 7.12 Å². The summed E-state index contributed by atoms with van der Waals surface area (Å²) in [6.45, 7) is 7.65. The fourth-order valence-electron chi connectivity index (χ4n) is 3.21. The Morgan fingerprint density at radius 3 is 2.61 bits per heavy atom. The minimum absolute atomic E-state index is 0.150. The summed E-state index contributed by atoms with van der Waals surface area (Å²) in [6, 6.07) is 5.91. The molecule has 126 valence electrons. The first-order chi connectivity index (χ1) is 11.0. The SMILES string of the molecule is COc1ccc(B2OC(C)CC(C)(C)O2)cc1C1OCCCO1. The summed E-state index contributed by atoms with van der Waals surface area (Å²) in [5.74, 6) is 0.753. The Bertz CT molecular complexity index is 542. The first-order valence-electron chi connectivity index (χ1n) is 8.23. The van der Waals surface area contributed by atoms with E-state index in [9.17, 15) is 0 Å². The standard InChI is InChI=1S/C17H25BO5/c1-12-11-17(2,3)23-18(22-12)13-6-7-15(19-4)14(10-13)16-20-8-5-9-21-16/h6-7,10,12,16H,5,8-9,11H2,1-4H3. The van der Waals surface area contributed by atoms with Crippen LogP contribution in [0.4, 0.5) is 0 Å². The van der Waals surface area contributed by atoms with Gasteiger partial charge in [-0.3, -0.25) is 0 Å². The highest BCUT2D eigenvalue weighted by atomic mass is 16.7. The number of methoxy groups -OCH3 is 1. The molecule has 0 amide bonds. The van der Waals surface area contributed by atoms with Crippen LogP contribution >= 0.6 is 0 Å². The molecule has 6 heteroatoms. The van der Waals surface area contributed by atoms with E-state index in [0.717, 1.165) is 29.6 Å². The Labute approximate surface area is 138 Å². The molecule has 0 spiro atoms. The largest absolute Gasteiger partial charge is 0.496 e. The van der Waals surface area contributed by atoms with E-state index in [4.69, 9.17) is 23.5 Å². The van der Waals surface area contributed by atoms with Crippen LogP contribution in [0, 0.1) is 0 Å². The smallest absolute Gasteiger partial charge is 0.494 e. The Morgan fingerprint density at radius 1 is 1.22 bits per heavy atom. The second-order valence-electron chi connectivity index (χ2n) is 6.79. The van der Waals surface area contributed by atoms with E-state index in [2.05, 4.69) is 20.8 Å². The summed E-state index contributed by atoms with van der Waals surface area (Å²) in [7, 11) is 1.27. The van der Waals surface area contributed by atoms with Crippen LogP contribution in [-0.4, -0.2) is 39.1 Å². The van der Waals surface area contributed by atoms with Crippen molar-refractivity contribution < 1.29 is 23.5 Å². The van der Waals surface area contributed by atoms with Crippen molar-refractivity contribution in [1.82, 2.24) is 0 Å². The first kappa shape index (κ1) is 16.8. The molecule has 2 saturated heterocycles. The van der Waals surface area contributed by atoms with Crippen LogP contribution in [-0.2, 0) is 18.8 Å². The third kappa shape index (κ3) is 3.88. The number of hydrogen-bond donors (Lipinski definition) is 0. The minimum atomic E-state index is -0.396. The lowest BCUT2D eigenvalue weighted by Gasteiger charge is -2.38. The maximum atomic E-state index is 6.10. The molecular formula is C17H25BO5. The number of benzene rings is 1. The third-order valence-corrected chi connectivity index (χ3v) is 4.17. The molecule has 2 aliphatic rings. The topological polar surface area (TPSA) is 46.2 Å². The summed E-state index contributed by atoms with van der Waals surface area (Å²) in [4.78, 5) is 0. The summed E-state index contributed by atoms with van der Waals surface area (Å²) in [6.07, 6.45) is 1.55. The maximum absolute atomic E-state index is 6.10. The minimum Gasteiger partial charge on any atom is -0.496 e. The maximum Gasteiger partial charge on any atom is 0.494 e. The fourth-order valence-corrected chi connectivity index (χ4v) is 3.21. The van der Waals surface area contributed by atoms with E-state index >= 15 is 0 Å². The van der Waals surface area contributed by atoms with Crippen LogP contribution in [0.2, 0.25) is 0 Å². The highest BCUT2D eigenvalue weighted by Crippen LogP contribution is 2.31. The van der Waals surface area contributed by atoms with Gasteiger partial charge in [-0.25, -0.2) is 0 Å². The van der Waals surface area contributed by atoms with Gasteiger partial charge in [0.25, 0.3) is 0 Å². The van der Waals surface area contributed by atoms with Crippen LogP contribution in [0.3, 0.4) is 0 Å². The molecule has 1 atom stereocenters. The lowest BCUT2D eigenvalue weighted by molar-refractivity contribution is -0.183. The molecule has 1 unspecified atom stereocenters. The van der Waals surface area contributed by atoms with Crippen molar-refractivity contribution in [3.8, 4) is 5.75 Å². The Hall–Kier alpha value is -1.08. The summed E-state index contributed by atoms with van der Waals surface area (Å²) < 4.78 is 29.0. The van der Waals surface area contributed by atoms with Crippen LogP contribution < -0.4 is 10.2 Å². The van der Waals surface area contributed by atoms with Gasteiger partial charge in [0.05, 0.1) is 25.9 Å². The van der Waals surface area contributed by atoms with E-state index in [0.29, 0.717) is 13.2 Å². The van der Waals surface area contributed by atoms with Crippen LogP contribution in [0.25, 0.3) is 0 Å². The van der Waals surface area contributed by atoms with E-state index in [1.165, 1.54) is 0 Å². The molecule has 0 aromatic heterocycles. The van der Waals surface area contributed by atoms with Crippen molar-refractivity contribution in [2.75, 3.05) is 20.3 Å². The summed E-state index contributed by atoms with van der Waals surface area (Å²) >= 11 is 0. The number of rotatable bonds is 3. The van der Waals surface area contributed by atoms with Crippen molar-refractivity contribution in [1.29, 1.82) is 0 Å². The van der Waals surface area contributed by atoms with Gasteiger partial charge in [0.1, 0.15) is 5.75 Å².